The number of esters is 1. The number of carbonyl (C=O) groups excluding carboxylic acids is 2. The van der Waals surface area contributed by atoms with Crippen molar-refractivity contribution in [2.75, 3.05) is 20.3 Å². The van der Waals surface area contributed by atoms with E-state index in [4.69, 9.17) is 19.2 Å². The molecule has 4 rings (SSSR count). The van der Waals surface area contributed by atoms with Crippen molar-refractivity contribution in [2.45, 2.75) is 13.5 Å². The number of ether oxygens (including phenoxy) is 3. The Morgan fingerprint density at radius 3 is 2.45 bits per heavy atom. The number of carbonyl (C=O) groups is 3. The summed E-state index contributed by atoms with van der Waals surface area (Å²) in [7, 11) is 1.48. The van der Waals surface area contributed by atoms with Gasteiger partial charge in [-0.3, -0.25) is 9.69 Å². The number of thioether (sulfide) groups is 1. The van der Waals surface area contributed by atoms with Gasteiger partial charge in [0.2, 0.25) is 0 Å². The number of methoxy groups -OCH3 is 1. The highest BCUT2D eigenvalue weighted by molar-refractivity contribution is 9.10. The van der Waals surface area contributed by atoms with Crippen LogP contribution in [-0.4, -0.2) is 53.3 Å². The van der Waals surface area contributed by atoms with E-state index in [9.17, 15) is 19.5 Å². The smallest absolute Gasteiger partial charge is 0.344 e. The zero-order chi connectivity index (χ0) is 28.6. The maximum Gasteiger partial charge on any atom is 0.344 e. The van der Waals surface area contributed by atoms with Crippen LogP contribution in [0.3, 0.4) is 0 Å². The number of para-hydroxylation sites is 1. The topological polar surface area (TPSA) is 115 Å². The van der Waals surface area contributed by atoms with Crippen molar-refractivity contribution in [2.24, 2.45) is 4.99 Å². The lowest BCUT2D eigenvalue weighted by molar-refractivity contribution is -0.145. The molecule has 11 heteroatoms. The largest absolute Gasteiger partial charge is 0.493 e. The van der Waals surface area contributed by atoms with Gasteiger partial charge < -0.3 is 19.3 Å². The Bertz CT molecular complexity index is 1470. The van der Waals surface area contributed by atoms with E-state index >= 15 is 0 Å². The van der Waals surface area contributed by atoms with Gasteiger partial charge in [0.25, 0.3) is 5.91 Å². The standard InChI is InChI=1S/C29H25BrN2O7S/c1-3-38-26(33)17-39-24-15-22(30)20(13-23(24)37-2)14-25-27(34)32(16-18-9-11-19(12-10-18)28(35)36)29(40-25)31-21-7-5-4-6-8-21/h4-15H,3,16-17H2,1-2H3,(H,35,36). The number of carboxylic acid groups (broad SMARTS) is 1. The van der Waals surface area contributed by atoms with Crippen molar-refractivity contribution in [1.29, 1.82) is 0 Å². The van der Waals surface area contributed by atoms with Crippen molar-refractivity contribution in [3.63, 3.8) is 0 Å². The number of amidine groups is 1. The summed E-state index contributed by atoms with van der Waals surface area (Å²) in [6.45, 7) is 1.90. The molecule has 206 valence electrons. The van der Waals surface area contributed by atoms with Gasteiger partial charge in [0.15, 0.2) is 23.3 Å². The fraction of sp³-hybridized carbons (Fsp3) is 0.172. The molecule has 40 heavy (non-hydrogen) atoms. The van der Waals surface area contributed by atoms with Crippen LogP contribution in [0.1, 0.15) is 28.4 Å². The molecule has 1 aliphatic heterocycles. The Balaban J connectivity index is 1.65. The Labute approximate surface area is 243 Å². The lowest BCUT2D eigenvalue weighted by Crippen LogP contribution is -2.28. The van der Waals surface area contributed by atoms with Crippen LogP contribution in [0.2, 0.25) is 0 Å². The van der Waals surface area contributed by atoms with Gasteiger partial charge in [-0.05, 0) is 72.3 Å². The Morgan fingerprint density at radius 1 is 1.07 bits per heavy atom. The fourth-order valence-corrected chi connectivity index (χ4v) is 5.12. The molecule has 0 aromatic heterocycles. The number of aromatic carboxylic acids is 1. The molecule has 0 spiro atoms. The lowest BCUT2D eigenvalue weighted by atomic mass is 10.1. The number of rotatable bonds is 10. The summed E-state index contributed by atoms with van der Waals surface area (Å²) < 4.78 is 16.6. The monoisotopic (exact) mass is 624 g/mol. The highest BCUT2D eigenvalue weighted by atomic mass is 79.9. The molecule has 0 unspecified atom stereocenters. The first-order valence-corrected chi connectivity index (χ1v) is 13.7. The van der Waals surface area contributed by atoms with Crippen molar-refractivity contribution in [1.82, 2.24) is 4.90 Å². The van der Waals surface area contributed by atoms with Crippen LogP contribution in [0.25, 0.3) is 6.08 Å². The molecular weight excluding hydrogens is 600 g/mol. The molecule has 9 nitrogen and oxygen atoms in total. The Kier molecular flexibility index (Phi) is 9.62. The van der Waals surface area contributed by atoms with Crippen LogP contribution in [0.5, 0.6) is 11.5 Å². The SMILES string of the molecule is CCOC(=O)COc1cc(Br)c(C=C2SC(=Nc3ccccc3)N(Cc3ccc(C(=O)O)cc3)C2=O)cc1OC. The molecule has 3 aromatic carbocycles. The third-order valence-corrected chi connectivity index (χ3v) is 7.32. The molecule has 0 bridgehead atoms. The Hall–Kier alpha value is -4.09. The lowest BCUT2D eigenvalue weighted by Gasteiger charge is -2.16. The van der Waals surface area contributed by atoms with Crippen molar-refractivity contribution < 1.29 is 33.7 Å². The first kappa shape index (κ1) is 28.9. The van der Waals surface area contributed by atoms with Gasteiger partial charge in [0.1, 0.15) is 0 Å². The van der Waals surface area contributed by atoms with E-state index in [1.54, 1.807) is 42.2 Å². The summed E-state index contributed by atoms with van der Waals surface area (Å²) in [5.74, 6) is -1.05. The van der Waals surface area contributed by atoms with Crippen LogP contribution in [0.4, 0.5) is 5.69 Å². The summed E-state index contributed by atoms with van der Waals surface area (Å²) in [5, 5.41) is 9.69. The van der Waals surface area contributed by atoms with Gasteiger partial charge in [-0.15, -0.1) is 0 Å². The normalized spacial score (nSPS) is 15.0. The predicted molar refractivity (Wildman–Crippen MR) is 156 cm³/mol. The molecule has 0 atom stereocenters. The minimum absolute atomic E-state index is 0.165. The number of benzene rings is 3. The maximum absolute atomic E-state index is 13.6. The molecule has 0 saturated carbocycles. The number of hydrogen-bond acceptors (Lipinski definition) is 8. The van der Waals surface area contributed by atoms with Crippen molar-refractivity contribution in [3.05, 3.63) is 92.8 Å². The van der Waals surface area contributed by atoms with E-state index in [2.05, 4.69) is 15.9 Å². The fourth-order valence-electron chi connectivity index (χ4n) is 3.69. The van der Waals surface area contributed by atoms with Gasteiger partial charge in [0.05, 0.1) is 36.4 Å². The molecule has 1 saturated heterocycles. The second-order valence-electron chi connectivity index (χ2n) is 8.35. The maximum atomic E-state index is 13.6. The molecule has 1 aliphatic rings. The van der Waals surface area contributed by atoms with E-state index in [-0.39, 0.29) is 31.2 Å². The number of aliphatic imine (C=N–C) groups is 1. The van der Waals surface area contributed by atoms with Crippen LogP contribution in [0, 0.1) is 0 Å². The highest BCUT2D eigenvalue weighted by Gasteiger charge is 2.34. The van der Waals surface area contributed by atoms with Crippen LogP contribution in [-0.2, 0) is 20.9 Å². The summed E-state index contributed by atoms with van der Waals surface area (Å²) >= 11 is 4.75. The number of amides is 1. The number of nitrogens with zero attached hydrogens (tertiary/aromatic N) is 2. The second-order valence-corrected chi connectivity index (χ2v) is 10.2. The van der Waals surface area contributed by atoms with Gasteiger partial charge in [-0.2, -0.15) is 0 Å². The van der Waals surface area contributed by atoms with E-state index in [0.717, 1.165) is 5.56 Å². The molecule has 1 fully saturated rings. The average molecular weight is 625 g/mol. The molecular formula is C29H25BrN2O7S. The molecule has 0 radical (unpaired) electrons. The minimum Gasteiger partial charge on any atom is -0.493 e. The van der Waals surface area contributed by atoms with E-state index in [1.165, 1.54) is 31.0 Å². The number of carboxylic acids is 1. The third-order valence-electron chi connectivity index (χ3n) is 5.63. The average Bonchev–Trinajstić information content (AvgIpc) is 3.22. The molecule has 1 amide bonds. The number of hydrogen-bond donors (Lipinski definition) is 1. The molecule has 3 aromatic rings. The second kappa shape index (κ2) is 13.3. The highest BCUT2D eigenvalue weighted by Crippen LogP contribution is 2.39. The summed E-state index contributed by atoms with van der Waals surface area (Å²) in [5.41, 5.74) is 2.27. The summed E-state index contributed by atoms with van der Waals surface area (Å²) in [6, 6.07) is 19.0. The first-order valence-electron chi connectivity index (χ1n) is 12.1. The zero-order valence-electron chi connectivity index (χ0n) is 21.6. The summed E-state index contributed by atoms with van der Waals surface area (Å²) in [4.78, 5) is 43.2. The predicted octanol–water partition coefficient (Wildman–Crippen LogP) is 5.90. The number of halogens is 1. The van der Waals surface area contributed by atoms with E-state index in [0.29, 0.717) is 37.3 Å². The first-order chi connectivity index (χ1) is 19.3. The van der Waals surface area contributed by atoms with E-state index < -0.39 is 11.9 Å². The van der Waals surface area contributed by atoms with Crippen LogP contribution in [0.15, 0.2) is 81.1 Å². The van der Waals surface area contributed by atoms with Gasteiger partial charge in [0, 0.05) is 4.47 Å². The Morgan fingerprint density at radius 2 is 1.80 bits per heavy atom. The molecule has 1 N–H and O–H groups in total. The van der Waals surface area contributed by atoms with Gasteiger partial charge >= 0.3 is 11.9 Å². The quantitative estimate of drug-likeness (QED) is 0.219. The van der Waals surface area contributed by atoms with Crippen LogP contribution < -0.4 is 9.47 Å². The van der Waals surface area contributed by atoms with E-state index in [1.807, 2.05) is 30.3 Å². The summed E-state index contributed by atoms with van der Waals surface area (Å²) in [6.07, 6.45) is 1.72. The van der Waals surface area contributed by atoms with Crippen molar-refractivity contribution in [3.8, 4) is 11.5 Å². The minimum atomic E-state index is -1.02. The van der Waals surface area contributed by atoms with Crippen LogP contribution >= 0.6 is 27.7 Å². The molecule has 0 aliphatic carbocycles. The van der Waals surface area contributed by atoms with Gasteiger partial charge in [-0.1, -0.05) is 46.3 Å². The van der Waals surface area contributed by atoms with Gasteiger partial charge in [-0.25, -0.2) is 14.6 Å². The third kappa shape index (κ3) is 7.10. The van der Waals surface area contributed by atoms with Crippen molar-refractivity contribution >= 4 is 62.5 Å². The molecule has 1 heterocycles. The zero-order valence-corrected chi connectivity index (χ0v) is 24.0.